The summed E-state index contributed by atoms with van der Waals surface area (Å²) in [6.45, 7) is 1.21. The molecule has 0 saturated carbocycles. The van der Waals surface area contributed by atoms with Gasteiger partial charge in [-0.05, 0) is 16.7 Å². The number of alkyl halides is 3. The first-order chi connectivity index (χ1) is 13.0. The number of halogens is 3. The number of carbonyl (C=O) groups is 2. The number of rotatable bonds is 6. The summed E-state index contributed by atoms with van der Waals surface area (Å²) < 4.78 is 34.6. The van der Waals surface area contributed by atoms with Crippen molar-refractivity contribution >= 4 is 11.9 Å². The van der Waals surface area contributed by atoms with Crippen LogP contribution in [0.4, 0.5) is 13.2 Å². The number of pyridine rings is 1. The number of aliphatic carboxylic acids is 2. The van der Waals surface area contributed by atoms with Gasteiger partial charge in [0.15, 0.2) is 12.7 Å². The molecule has 0 spiro atoms. The fourth-order valence-electron chi connectivity index (χ4n) is 1.91. The monoisotopic (exact) mass is 402 g/mol. The zero-order valence-corrected chi connectivity index (χ0v) is 14.4. The number of aryl methyl sites for hydroxylation is 1. The molecule has 0 aliphatic carbocycles. The van der Waals surface area contributed by atoms with Crippen LogP contribution in [-0.4, -0.2) is 39.4 Å². The van der Waals surface area contributed by atoms with Gasteiger partial charge in [0.1, 0.15) is 18.6 Å². The molecule has 0 bridgehead atoms. The second kappa shape index (κ2) is 10.2. The molecule has 2 aromatic rings. The molecule has 152 valence electrons. The highest BCUT2D eigenvalue weighted by Crippen LogP contribution is 2.14. The largest absolute Gasteiger partial charge is 0.542 e. The van der Waals surface area contributed by atoms with Gasteiger partial charge in [-0.15, -0.1) is 0 Å². The molecule has 2 aromatic heterocycles. The van der Waals surface area contributed by atoms with Gasteiger partial charge in [0.2, 0.25) is 0 Å². The summed E-state index contributed by atoms with van der Waals surface area (Å²) >= 11 is 0. The standard InChI is InChI=1S/C14H16N4O3.C2HF3O2/c15-4-8-17-5-1-11(9-13(17)19)12-2-6-18(16-10-12)7-3-14(20)21;3-2(4,5)1(6)7/h1-2,5-6,9-10H,3-4,7-8,15H2;(H,6,7). The predicted molar refractivity (Wildman–Crippen MR) is 86.5 cm³/mol. The van der Waals surface area contributed by atoms with Crippen molar-refractivity contribution in [3.63, 3.8) is 0 Å². The SMILES string of the molecule is NCCn1ccc(-c2cc[n+](CCC(=O)O)nc2)cc1=O.O=C([O-])C(F)(F)F. The highest BCUT2D eigenvalue weighted by molar-refractivity contribution is 5.70. The van der Waals surface area contributed by atoms with Crippen molar-refractivity contribution in [2.45, 2.75) is 25.7 Å². The normalized spacial score (nSPS) is 10.7. The molecule has 2 rings (SSSR count). The number of aromatic nitrogens is 3. The highest BCUT2D eigenvalue weighted by Gasteiger charge is 2.28. The minimum atomic E-state index is -5.19. The van der Waals surface area contributed by atoms with Crippen LogP contribution in [0.3, 0.4) is 0 Å². The van der Waals surface area contributed by atoms with Crippen molar-refractivity contribution in [3.8, 4) is 11.1 Å². The van der Waals surface area contributed by atoms with E-state index in [1.807, 2.05) is 6.07 Å². The Labute approximate surface area is 156 Å². The van der Waals surface area contributed by atoms with Gasteiger partial charge in [0.25, 0.3) is 5.56 Å². The fraction of sp³-hybridized carbons (Fsp3) is 0.312. The third kappa shape index (κ3) is 7.53. The van der Waals surface area contributed by atoms with E-state index in [2.05, 4.69) is 5.10 Å². The molecular formula is C16H17F3N4O5. The lowest BCUT2D eigenvalue weighted by Crippen LogP contribution is -2.38. The second-order valence-corrected chi connectivity index (χ2v) is 5.34. The number of nitrogens with zero attached hydrogens (tertiary/aromatic N) is 3. The highest BCUT2D eigenvalue weighted by atomic mass is 19.4. The van der Waals surface area contributed by atoms with Gasteiger partial charge in [-0.1, -0.05) is 4.68 Å². The lowest BCUT2D eigenvalue weighted by Gasteiger charge is -2.05. The van der Waals surface area contributed by atoms with Crippen LogP contribution in [0.5, 0.6) is 0 Å². The summed E-state index contributed by atoms with van der Waals surface area (Å²) in [7, 11) is 0. The van der Waals surface area contributed by atoms with Crippen molar-refractivity contribution in [2.24, 2.45) is 5.73 Å². The van der Waals surface area contributed by atoms with Crippen molar-refractivity contribution in [2.75, 3.05) is 6.54 Å². The number of nitrogens with two attached hydrogens (primary N) is 1. The summed E-state index contributed by atoms with van der Waals surface area (Å²) in [5.74, 6) is -3.87. The zero-order valence-electron chi connectivity index (χ0n) is 14.4. The number of carboxylic acid groups (broad SMARTS) is 2. The van der Waals surface area contributed by atoms with E-state index in [1.54, 1.807) is 33.9 Å². The quantitative estimate of drug-likeness (QED) is 0.586. The Morgan fingerprint density at radius 3 is 2.36 bits per heavy atom. The molecule has 0 radical (unpaired) electrons. The maximum atomic E-state index is 11.9. The minimum absolute atomic E-state index is 0.0200. The van der Waals surface area contributed by atoms with E-state index in [-0.39, 0.29) is 12.0 Å². The Balaban J connectivity index is 0.000000480. The molecule has 0 fully saturated rings. The summed E-state index contributed by atoms with van der Waals surface area (Å²) in [6.07, 6.45) is -0.157. The second-order valence-electron chi connectivity index (χ2n) is 5.34. The first-order valence-electron chi connectivity index (χ1n) is 7.81. The van der Waals surface area contributed by atoms with Crippen LogP contribution in [0.25, 0.3) is 11.1 Å². The van der Waals surface area contributed by atoms with Crippen LogP contribution in [0.2, 0.25) is 0 Å². The molecule has 28 heavy (non-hydrogen) atoms. The van der Waals surface area contributed by atoms with Crippen LogP contribution >= 0.6 is 0 Å². The Morgan fingerprint density at radius 1 is 1.29 bits per heavy atom. The topological polar surface area (TPSA) is 142 Å². The molecule has 9 nitrogen and oxygen atoms in total. The average molecular weight is 402 g/mol. The van der Waals surface area contributed by atoms with E-state index in [0.717, 1.165) is 11.1 Å². The summed E-state index contributed by atoms with van der Waals surface area (Å²) in [4.78, 5) is 31.1. The van der Waals surface area contributed by atoms with E-state index >= 15 is 0 Å². The van der Waals surface area contributed by atoms with E-state index in [0.29, 0.717) is 19.6 Å². The van der Waals surface area contributed by atoms with E-state index < -0.39 is 18.1 Å². The Hall–Kier alpha value is -3.28. The van der Waals surface area contributed by atoms with Gasteiger partial charge in [-0.25, -0.2) is 0 Å². The van der Waals surface area contributed by atoms with Crippen LogP contribution < -0.4 is 21.1 Å². The first kappa shape index (κ1) is 22.8. The van der Waals surface area contributed by atoms with Crippen molar-refractivity contribution < 1.29 is 37.7 Å². The van der Waals surface area contributed by atoms with Gasteiger partial charge in [0, 0.05) is 37.0 Å². The maximum Gasteiger partial charge on any atom is 0.430 e. The summed E-state index contributed by atoms with van der Waals surface area (Å²) in [6, 6.07) is 5.17. The molecule has 0 saturated heterocycles. The number of carbonyl (C=O) groups excluding carboxylic acids is 1. The fourth-order valence-corrected chi connectivity index (χ4v) is 1.91. The van der Waals surface area contributed by atoms with Gasteiger partial charge in [-0.2, -0.15) is 13.2 Å². The third-order valence-corrected chi connectivity index (χ3v) is 3.26. The molecule has 0 aliphatic rings. The van der Waals surface area contributed by atoms with E-state index in [4.69, 9.17) is 20.7 Å². The first-order valence-corrected chi connectivity index (χ1v) is 7.81. The van der Waals surface area contributed by atoms with E-state index in [9.17, 15) is 22.8 Å². The number of carboxylic acids is 2. The molecule has 0 aromatic carbocycles. The number of hydrogen-bond acceptors (Lipinski definition) is 6. The van der Waals surface area contributed by atoms with Gasteiger partial charge >= 0.3 is 12.1 Å². The predicted octanol–water partition coefficient (Wildman–Crippen LogP) is -1.07. The zero-order chi connectivity index (χ0) is 21.3. The van der Waals surface area contributed by atoms with Crippen molar-refractivity contribution in [3.05, 3.63) is 47.1 Å². The smallest absolute Gasteiger partial charge is 0.430 e. The molecule has 0 amide bonds. The summed E-state index contributed by atoms with van der Waals surface area (Å²) in [5.41, 5.74) is 6.89. The minimum Gasteiger partial charge on any atom is -0.542 e. The van der Waals surface area contributed by atoms with Crippen molar-refractivity contribution in [1.82, 2.24) is 9.67 Å². The molecular weight excluding hydrogens is 385 g/mol. The molecule has 2 heterocycles. The van der Waals surface area contributed by atoms with Crippen LogP contribution in [0, 0.1) is 0 Å². The molecule has 0 aliphatic heterocycles. The Morgan fingerprint density at radius 2 is 1.93 bits per heavy atom. The molecule has 3 N–H and O–H groups in total. The molecule has 0 atom stereocenters. The van der Waals surface area contributed by atoms with Crippen LogP contribution in [0.15, 0.2) is 41.6 Å². The van der Waals surface area contributed by atoms with Gasteiger partial charge < -0.3 is 25.3 Å². The maximum absolute atomic E-state index is 11.9. The van der Waals surface area contributed by atoms with Gasteiger partial charge in [-0.3, -0.25) is 9.59 Å². The van der Waals surface area contributed by atoms with Gasteiger partial charge in [0.05, 0.1) is 0 Å². The Bertz CT molecular complexity index is 866. The van der Waals surface area contributed by atoms with Crippen LogP contribution in [0.1, 0.15) is 6.42 Å². The van der Waals surface area contributed by atoms with Crippen LogP contribution in [-0.2, 0) is 22.7 Å². The van der Waals surface area contributed by atoms with E-state index in [1.165, 1.54) is 6.07 Å². The molecule has 0 unspecified atom stereocenters. The lowest BCUT2D eigenvalue weighted by atomic mass is 10.1. The summed E-state index contributed by atoms with van der Waals surface area (Å²) in [5, 5.41) is 21.5. The third-order valence-electron chi connectivity index (χ3n) is 3.26. The Kier molecular flexibility index (Phi) is 8.26. The van der Waals surface area contributed by atoms with Crippen molar-refractivity contribution in [1.29, 1.82) is 0 Å². The lowest BCUT2D eigenvalue weighted by molar-refractivity contribution is -0.752. The average Bonchev–Trinajstić information content (AvgIpc) is 2.62. The molecule has 12 heteroatoms. The number of hydrogen-bond donors (Lipinski definition) is 2.